The third kappa shape index (κ3) is 7.41. The molecular formula is C19H24F3N3O6S. The molecule has 2 N–H and O–H groups in total. The van der Waals surface area contributed by atoms with E-state index in [0.717, 1.165) is 6.26 Å². The number of ether oxygens (including phenoxy) is 2. The van der Waals surface area contributed by atoms with Crippen LogP contribution in [0.25, 0.3) is 10.9 Å². The van der Waals surface area contributed by atoms with Crippen LogP contribution in [-0.4, -0.2) is 49.7 Å². The molecule has 13 heteroatoms. The number of carbonyl (C=O) groups is 2. The number of anilines is 2. The summed E-state index contributed by atoms with van der Waals surface area (Å²) in [5.74, 6) is -0.956. The van der Waals surface area contributed by atoms with Crippen LogP contribution in [0.1, 0.15) is 38.1 Å². The van der Waals surface area contributed by atoms with E-state index in [1.165, 1.54) is 29.8 Å². The van der Waals surface area contributed by atoms with Gasteiger partial charge >= 0.3 is 12.3 Å². The molecule has 0 fully saturated rings. The molecule has 0 amide bonds. The second-order valence-corrected chi connectivity index (χ2v) is 9.76. The minimum Gasteiger partial charge on any atom is -0.459 e. The highest BCUT2D eigenvalue weighted by atomic mass is 32.2. The van der Waals surface area contributed by atoms with Crippen LogP contribution in [0.2, 0.25) is 0 Å². The highest BCUT2D eigenvalue weighted by Crippen LogP contribution is 2.33. The number of benzene rings is 1. The van der Waals surface area contributed by atoms with Crippen LogP contribution in [-0.2, 0) is 30.8 Å². The third-order valence-corrected chi connectivity index (χ3v) is 4.50. The van der Waals surface area contributed by atoms with Gasteiger partial charge in [-0.3, -0.25) is 19.0 Å². The lowest BCUT2D eigenvalue weighted by Gasteiger charge is -2.20. The van der Waals surface area contributed by atoms with Crippen LogP contribution in [0.3, 0.4) is 0 Å². The minimum absolute atomic E-state index is 0.0502. The SMILES string of the molecule is CC(=O)c1cn(CC(=O)OC(C)(C)C)c2cc(NCOC(F)(F)F)c(NS(C)(=O)=O)cc12. The average Bonchev–Trinajstić information content (AvgIpc) is 2.88. The zero-order valence-electron chi connectivity index (χ0n) is 18.1. The second-order valence-electron chi connectivity index (χ2n) is 8.01. The number of nitrogens with zero attached hydrogens (tertiary/aromatic N) is 1. The van der Waals surface area contributed by atoms with Crippen molar-refractivity contribution in [1.82, 2.24) is 4.57 Å². The first-order valence-corrected chi connectivity index (χ1v) is 11.2. The maximum absolute atomic E-state index is 12.4. The summed E-state index contributed by atoms with van der Waals surface area (Å²) in [4.78, 5) is 24.4. The summed E-state index contributed by atoms with van der Waals surface area (Å²) >= 11 is 0. The molecule has 1 aromatic carbocycles. The quantitative estimate of drug-likeness (QED) is 0.338. The third-order valence-electron chi connectivity index (χ3n) is 3.91. The Kier molecular flexibility index (Phi) is 7.15. The van der Waals surface area contributed by atoms with Gasteiger partial charge in [0.15, 0.2) is 5.78 Å². The fourth-order valence-corrected chi connectivity index (χ4v) is 3.46. The number of aromatic nitrogens is 1. The van der Waals surface area contributed by atoms with Gasteiger partial charge < -0.3 is 14.6 Å². The van der Waals surface area contributed by atoms with Crippen molar-refractivity contribution in [2.75, 3.05) is 23.0 Å². The van der Waals surface area contributed by atoms with Crippen LogP contribution >= 0.6 is 0 Å². The van der Waals surface area contributed by atoms with Crippen molar-refractivity contribution in [2.24, 2.45) is 0 Å². The van der Waals surface area contributed by atoms with Crippen LogP contribution in [0, 0.1) is 0 Å². The predicted molar refractivity (Wildman–Crippen MR) is 112 cm³/mol. The van der Waals surface area contributed by atoms with Gasteiger partial charge in [0.1, 0.15) is 18.9 Å². The average molecular weight is 479 g/mol. The van der Waals surface area contributed by atoms with E-state index in [4.69, 9.17) is 4.74 Å². The van der Waals surface area contributed by atoms with Crippen LogP contribution in [0.15, 0.2) is 18.3 Å². The molecule has 1 heterocycles. The normalized spacial score (nSPS) is 12.6. The zero-order chi connectivity index (χ0) is 24.5. The Morgan fingerprint density at radius 1 is 1.12 bits per heavy atom. The maximum atomic E-state index is 12.4. The Morgan fingerprint density at radius 2 is 1.75 bits per heavy atom. The molecule has 0 saturated heterocycles. The second kappa shape index (κ2) is 8.98. The number of sulfonamides is 1. The van der Waals surface area contributed by atoms with Crippen molar-refractivity contribution in [3.63, 3.8) is 0 Å². The van der Waals surface area contributed by atoms with E-state index >= 15 is 0 Å². The molecule has 9 nitrogen and oxygen atoms in total. The molecule has 0 aliphatic carbocycles. The lowest BCUT2D eigenvalue weighted by Crippen LogP contribution is -2.26. The van der Waals surface area contributed by atoms with E-state index in [2.05, 4.69) is 14.8 Å². The molecule has 0 aliphatic rings. The number of ketones is 1. The number of alkyl halides is 3. The molecule has 0 bridgehead atoms. The Balaban J connectivity index is 2.57. The lowest BCUT2D eigenvalue weighted by atomic mass is 10.1. The van der Waals surface area contributed by atoms with E-state index in [-0.39, 0.29) is 29.3 Å². The number of hydrogen-bond acceptors (Lipinski definition) is 7. The highest BCUT2D eigenvalue weighted by molar-refractivity contribution is 7.92. The molecular weight excluding hydrogens is 455 g/mol. The summed E-state index contributed by atoms with van der Waals surface area (Å²) in [5, 5.41) is 2.66. The molecule has 0 unspecified atom stereocenters. The molecule has 2 rings (SSSR count). The topological polar surface area (TPSA) is 116 Å². The van der Waals surface area contributed by atoms with Crippen molar-refractivity contribution in [3.8, 4) is 0 Å². The number of carbonyl (C=O) groups excluding carboxylic acids is 2. The number of hydrogen-bond donors (Lipinski definition) is 2. The molecule has 0 atom stereocenters. The maximum Gasteiger partial charge on any atom is 0.524 e. The first-order valence-electron chi connectivity index (χ1n) is 9.27. The van der Waals surface area contributed by atoms with Crippen molar-refractivity contribution < 1.29 is 40.7 Å². The van der Waals surface area contributed by atoms with Crippen molar-refractivity contribution in [3.05, 3.63) is 23.9 Å². The van der Waals surface area contributed by atoms with Gasteiger partial charge in [-0.2, -0.15) is 0 Å². The summed E-state index contributed by atoms with van der Waals surface area (Å²) in [7, 11) is -3.81. The first-order chi connectivity index (χ1) is 14.5. The highest BCUT2D eigenvalue weighted by Gasteiger charge is 2.29. The lowest BCUT2D eigenvalue weighted by molar-refractivity contribution is -0.321. The standard InChI is InChI=1S/C19H24F3N3O6S/c1-11(26)13-8-25(9-17(27)31-18(2,3)4)16-7-14(23-10-30-19(20,21)22)15(6-12(13)16)24-32(5,28)29/h6-8,23-24H,9-10H2,1-5H3. The first kappa shape index (κ1) is 25.5. The molecule has 0 aliphatic heterocycles. The summed E-state index contributed by atoms with van der Waals surface area (Å²) in [6, 6.07) is 2.62. The van der Waals surface area contributed by atoms with E-state index in [9.17, 15) is 31.2 Å². The van der Waals surface area contributed by atoms with Crippen molar-refractivity contribution >= 4 is 44.1 Å². The Labute approximate surface area is 182 Å². The van der Waals surface area contributed by atoms with E-state index in [0.29, 0.717) is 10.9 Å². The summed E-state index contributed by atoms with van der Waals surface area (Å²) in [5.41, 5.74) is -0.403. The van der Waals surface area contributed by atoms with E-state index in [1.54, 1.807) is 20.8 Å². The zero-order valence-corrected chi connectivity index (χ0v) is 18.9. The number of halogens is 3. The van der Waals surface area contributed by atoms with Gasteiger partial charge in [-0.1, -0.05) is 0 Å². The molecule has 0 spiro atoms. The van der Waals surface area contributed by atoms with Crippen molar-refractivity contribution in [2.45, 2.75) is 46.2 Å². The van der Waals surface area contributed by atoms with Gasteiger partial charge in [0.2, 0.25) is 10.0 Å². The van der Waals surface area contributed by atoms with Gasteiger partial charge in [0.05, 0.1) is 23.1 Å². The molecule has 1 aromatic heterocycles. The minimum atomic E-state index is -4.90. The Hall–Kier alpha value is -2.80. The fraction of sp³-hybridized carbons (Fsp3) is 0.474. The van der Waals surface area contributed by atoms with Crippen LogP contribution < -0.4 is 10.0 Å². The van der Waals surface area contributed by atoms with Gasteiger partial charge in [-0.05, 0) is 39.8 Å². The Morgan fingerprint density at radius 3 is 2.25 bits per heavy atom. The molecule has 2 aromatic rings. The summed E-state index contributed by atoms with van der Waals surface area (Å²) < 4.78 is 73.1. The molecule has 32 heavy (non-hydrogen) atoms. The monoisotopic (exact) mass is 479 g/mol. The van der Waals surface area contributed by atoms with Gasteiger partial charge in [-0.25, -0.2) is 8.42 Å². The Bertz CT molecular complexity index is 1130. The van der Waals surface area contributed by atoms with Gasteiger partial charge in [0, 0.05) is 17.1 Å². The molecule has 0 saturated carbocycles. The number of fused-ring (bicyclic) bond motifs is 1. The summed E-state index contributed by atoms with van der Waals surface area (Å²) in [6.07, 6.45) is -2.63. The molecule has 178 valence electrons. The van der Waals surface area contributed by atoms with Gasteiger partial charge in [0.25, 0.3) is 0 Å². The smallest absolute Gasteiger partial charge is 0.459 e. The predicted octanol–water partition coefficient (Wildman–Crippen LogP) is 3.46. The van der Waals surface area contributed by atoms with Crippen LogP contribution in [0.4, 0.5) is 24.5 Å². The van der Waals surface area contributed by atoms with Crippen molar-refractivity contribution in [1.29, 1.82) is 0 Å². The number of rotatable bonds is 8. The van der Waals surface area contributed by atoms with Gasteiger partial charge in [-0.15, -0.1) is 13.2 Å². The summed E-state index contributed by atoms with van der Waals surface area (Å²) in [6.45, 7) is 5.07. The van der Waals surface area contributed by atoms with E-state index in [1.807, 2.05) is 0 Å². The van der Waals surface area contributed by atoms with Crippen LogP contribution in [0.5, 0.6) is 0 Å². The van der Waals surface area contributed by atoms with E-state index < -0.39 is 34.7 Å². The number of esters is 1. The fourth-order valence-electron chi connectivity index (χ4n) is 2.89. The molecule has 0 radical (unpaired) electrons. The number of Topliss-reactive ketones (excluding diaryl/α,β-unsaturated/α-hetero) is 1. The number of nitrogens with one attached hydrogen (secondary N) is 2. The largest absolute Gasteiger partial charge is 0.524 e.